The van der Waals surface area contributed by atoms with Crippen molar-refractivity contribution in [3.63, 3.8) is 0 Å². The van der Waals surface area contributed by atoms with E-state index in [4.69, 9.17) is 11.6 Å². The third-order valence-electron chi connectivity index (χ3n) is 4.22. The minimum absolute atomic E-state index is 0.849. The molecular weight excluding hydrogens is 228 g/mol. The molecule has 0 atom stereocenters. The highest BCUT2D eigenvalue weighted by molar-refractivity contribution is 6.17. The maximum absolute atomic E-state index is 5.67. The number of hydrogen-bond donors (Lipinski definition) is 0. The molecule has 17 heavy (non-hydrogen) atoms. The Bertz CT molecular complexity index is 148. The first-order valence-electron chi connectivity index (χ1n) is 7.99. The lowest BCUT2D eigenvalue weighted by molar-refractivity contribution is 0.347. The first-order valence-corrected chi connectivity index (χ1v) is 8.53. The molecule has 0 radical (unpaired) electrons. The monoisotopic (exact) mass is 258 g/mol. The van der Waals surface area contributed by atoms with E-state index in [1.54, 1.807) is 0 Å². The summed E-state index contributed by atoms with van der Waals surface area (Å²) in [4.78, 5) is 0. The molecule has 0 spiro atoms. The van der Waals surface area contributed by atoms with Gasteiger partial charge in [0.2, 0.25) is 0 Å². The van der Waals surface area contributed by atoms with Crippen LogP contribution < -0.4 is 0 Å². The molecule has 102 valence electrons. The Kier molecular flexibility index (Phi) is 10.3. The zero-order valence-electron chi connectivity index (χ0n) is 11.6. The summed E-state index contributed by atoms with van der Waals surface area (Å²) < 4.78 is 0. The summed E-state index contributed by atoms with van der Waals surface area (Å²) in [5.74, 6) is 1.92. The number of rotatable bonds is 8. The predicted molar refractivity (Wildman–Crippen MR) is 78.8 cm³/mol. The van der Waals surface area contributed by atoms with Crippen molar-refractivity contribution in [1.29, 1.82) is 0 Å². The number of halogens is 1. The van der Waals surface area contributed by atoms with Gasteiger partial charge in [-0.05, 0) is 12.3 Å². The van der Waals surface area contributed by atoms with Gasteiger partial charge in [0.25, 0.3) is 0 Å². The van der Waals surface area contributed by atoms with Gasteiger partial charge in [-0.2, -0.15) is 0 Å². The Morgan fingerprint density at radius 1 is 0.647 bits per heavy atom. The molecule has 0 aromatic heterocycles. The zero-order valence-corrected chi connectivity index (χ0v) is 12.3. The molecule has 1 aliphatic carbocycles. The SMILES string of the molecule is ClCCCCCCCCC1CCCCCCC1. The first kappa shape index (κ1) is 15.3. The predicted octanol–water partition coefficient (Wildman–Crippen LogP) is 6.32. The standard InChI is InChI=1S/C16H31Cl/c17-15-11-7-2-1-4-8-12-16-13-9-5-3-6-10-14-16/h16H,1-15H2. The fourth-order valence-corrected chi connectivity index (χ4v) is 3.25. The summed E-state index contributed by atoms with van der Waals surface area (Å²) in [5.41, 5.74) is 0. The molecular formula is C16H31Cl. The highest BCUT2D eigenvalue weighted by Crippen LogP contribution is 2.26. The van der Waals surface area contributed by atoms with Gasteiger partial charge in [-0.25, -0.2) is 0 Å². The lowest BCUT2D eigenvalue weighted by Crippen LogP contribution is -2.03. The van der Waals surface area contributed by atoms with Crippen molar-refractivity contribution in [3.05, 3.63) is 0 Å². The van der Waals surface area contributed by atoms with Gasteiger partial charge in [0.15, 0.2) is 0 Å². The van der Waals surface area contributed by atoms with E-state index in [1.807, 2.05) is 0 Å². The van der Waals surface area contributed by atoms with Gasteiger partial charge in [0, 0.05) is 5.88 Å². The lowest BCUT2D eigenvalue weighted by Gasteiger charge is -2.19. The molecule has 1 saturated carbocycles. The molecule has 0 bridgehead atoms. The number of unbranched alkanes of at least 4 members (excludes halogenated alkanes) is 5. The highest BCUT2D eigenvalue weighted by atomic mass is 35.5. The number of hydrogen-bond acceptors (Lipinski definition) is 0. The maximum atomic E-state index is 5.67. The Balaban J connectivity index is 1.90. The molecule has 0 N–H and O–H groups in total. The lowest BCUT2D eigenvalue weighted by atomic mass is 9.87. The molecule has 0 aromatic carbocycles. The maximum Gasteiger partial charge on any atom is 0.0223 e. The molecule has 1 rings (SSSR count). The van der Waals surface area contributed by atoms with Crippen LogP contribution in [-0.4, -0.2) is 5.88 Å². The van der Waals surface area contributed by atoms with Gasteiger partial charge >= 0.3 is 0 Å². The molecule has 0 unspecified atom stereocenters. The van der Waals surface area contributed by atoms with E-state index in [1.165, 1.54) is 89.9 Å². The molecule has 0 nitrogen and oxygen atoms in total. The van der Waals surface area contributed by atoms with Crippen LogP contribution in [0.4, 0.5) is 0 Å². The normalized spacial score (nSPS) is 18.9. The minimum atomic E-state index is 0.849. The van der Waals surface area contributed by atoms with Crippen LogP contribution in [0.3, 0.4) is 0 Å². The fourth-order valence-electron chi connectivity index (χ4n) is 3.06. The van der Waals surface area contributed by atoms with Crippen LogP contribution in [0.5, 0.6) is 0 Å². The second kappa shape index (κ2) is 11.4. The van der Waals surface area contributed by atoms with E-state index in [2.05, 4.69) is 0 Å². The van der Waals surface area contributed by atoms with E-state index in [-0.39, 0.29) is 0 Å². The van der Waals surface area contributed by atoms with Crippen molar-refractivity contribution >= 4 is 11.6 Å². The highest BCUT2D eigenvalue weighted by Gasteiger charge is 2.10. The third kappa shape index (κ3) is 8.94. The van der Waals surface area contributed by atoms with Crippen molar-refractivity contribution in [2.75, 3.05) is 5.88 Å². The van der Waals surface area contributed by atoms with E-state index in [9.17, 15) is 0 Å². The third-order valence-corrected chi connectivity index (χ3v) is 4.49. The van der Waals surface area contributed by atoms with Gasteiger partial charge in [-0.3, -0.25) is 0 Å². The van der Waals surface area contributed by atoms with Crippen LogP contribution in [0.15, 0.2) is 0 Å². The van der Waals surface area contributed by atoms with Gasteiger partial charge in [-0.15, -0.1) is 11.6 Å². The van der Waals surface area contributed by atoms with Crippen LogP contribution in [0.1, 0.15) is 89.9 Å². The summed E-state index contributed by atoms with van der Waals surface area (Å²) in [6.07, 6.45) is 20.4. The van der Waals surface area contributed by atoms with Gasteiger partial charge < -0.3 is 0 Å². The van der Waals surface area contributed by atoms with Gasteiger partial charge in [0.1, 0.15) is 0 Å². The Morgan fingerprint density at radius 3 is 1.82 bits per heavy atom. The zero-order chi connectivity index (χ0) is 12.2. The average Bonchev–Trinajstić information content (AvgIpc) is 2.30. The summed E-state index contributed by atoms with van der Waals surface area (Å²) in [5, 5.41) is 0. The van der Waals surface area contributed by atoms with Crippen LogP contribution in [0.2, 0.25) is 0 Å². The molecule has 0 heterocycles. The van der Waals surface area contributed by atoms with Crippen molar-refractivity contribution in [2.24, 2.45) is 5.92 Å². The van der Waals surface area contributed by atoms with E-state index < -0.39 is 0 Å². The Morgan fingerprint density at radius 2 is 1.18 bits per heavy atom. The summed E-state index contributed by atoms with van der Waals surface area (Å²) in [6.45, 7) is 0. The summed E-state index contributed by atoms with van der Waals surface area (Å²) in [7, 11) is 0. The molecule has 1 fully saturated rings. The number of alkyl halides is 1. The van der Waals surface area contributed by atoms with Crippen LogP contribution in [0, 0.1) is 5.92 Å². The quantitative estimate of drug-likeness (QED) is 0.353. The topological polar surface area (TPSA) is 0 Å². The average molecular weight is 259 g/mol. The van der Waals surface area contributed by atoms with Crippen molar-refractivity contribution in [1.82, 2.24) is 0 Å². The van der Waals surface area contributed by atoms with Crippen LogP contribution in [-0.2, 0) is 0 Å². The van der Waals surface area contributed by atoms with Crippen molar-refractivity contribution < 1.29 is 0 Å². The van der Waals surface area contributed by atoms with Gasteiger partial charge in [0.05, 0.1) is 0 Å². The van der Waals surface area contributed by atoms with Gasteiger partial charge in [-0.1, -0.05) is 83.5 Å². The summed E-state index contributed by atoms with van der Waals surface area (Å²) >= 11 is 5.67. The van der Waals surface area contributed by atoms with Crippen molar-refractivity contribution in [3.8, 4) is 0 Å². The van der Waals surface area contributed by atoms with E-state index in [0.29, 0.717) is 0 Å². The van der Waals surface area contributed by atoms with E-state index in [0.717, 1.165) is 11.8 Å². The minimum Gasteiger partial charge on any atom is -0.127 e. The van der Waals surface area contributed by atoms with Crippen LogP contribution in [0.25, 0.3) is 0 Å². The Hall–Kier alpha value is 0.290. The molecule has 0 aromatic rings. The molecule has 1 heteroatoms. The first-order chi connectivity index (χ1) is 8.43. The molecule has 0 saturated heterocycles. The Labute approximate surface area is 114 Å². The van der Waals surface area contributed by atoms with Crippen LogP contribution >= 0.6 is 11.6 Å². The summed E-state index contributed by atoms with van der Waals surface area (Å²) in [6, 6.07) is 0. The van der Waals surface area contributed by atoms with E-state index >= 15 is 0 Å². The van der Waals surface area contributed by atoms with Crippen molar-refractivity contribution in [2.45, 2.75) is 89.9 Å². The smallest absolute Gasteiger partial charge is 0.0223 e. The largest absolute Gasteiger partial charge is 0.127 e. The second-order valence-electron chi connectivity index (χ2n) is 5.81. The fraction of sp³-hybridized carbons (Fsp3) is 1.00. The molecule has 0 aliphatic heterocycles. The second-order valence-corrected chi connectivity index (χ2v) is 6.19. The molecule has 1 aliphatic rings. The molecule has 0 amide bonds.